The molecule has 0 radical (unpaired) electrons. The van der Waals surface area contributed by atoms with Gasteiger partial charge in [-0.2, -0.15) is 0 Å². The van der Waals surface area contributed by atoms with Crippen LogP contribution in [-0.4, -0.2) is 42.8 Å². The van der Waals surface area contributed by atoms with Crippen LogP contribution < -0.4 is 5.32 Å². The van der Waals surface area contributed by atoms with Gasteiger partial charge in [0.2, 0.25) is 5.91 Å². The fourth-order valence-corrected chi connectivity index (χ4v) is 3.92. The maximum atomic E-state index is 13.0. The van der Waals surface area contributed by atoms with E-state index in [9.17, 15) is 14.0 Å². The molecule has 1 unspecified atom stereocenters. The van der Waals surface area contributed by atoms with E-state index in [-0.39, 0.29) is 23.4 Å². The Kier molecular flexibility index (Phi) is 6.19. The fraction of sp³-hybridized carbons (Fsp3) is 0.600. The summed E-state index contributed by atoms with van der Waals surface area (Å²) in [5, 5.41) is 3.35. The van der Waals surface area contributed by atoms with Gasteiger partial charge in [0.25, 0.3) is 0 Å². The summed E-state index contributed by atoms with van der Waals surface area (Å²) in [5.41, 5.74) is 0.537. The number of Topliss-reactive ketones (excluding diaryl/α,β-unsaturated/α-hetero) is 1. The Balaban J connectivity index is 1.52. The van der Waals surface area contributed by atoms with Crippen molar-refractivity contribution >= 4 is 11.7 Å². The Hall–Kier alpha value is -1.75. The van der Waals surface area contributed by atoms with E-state index in [1.54, 1.807) is 0 Å². The molecular formula is C20H27FN2O2. The number of nitrogens with one attached hydrogen (secondary N) is 1. The van der Waals surface area contributed by atoms with Gasteiger partial charge in [-0.05, 0) is 75.4 Å². The van der Waals surface area contributed by atoms with Crippen molar-refractivity contribution in [2.75, 3.05) is 26.2 Å². The molecule has 1 aromatic carbocycles. The largest absolute Gasteiger partial charge is 0.342 e. The summed E-state index contributed by atoms with van der Waals surface area (Å²) in [6, 6.07) is 5.71. The predicted molar refractivity (Wildman–Crippen MR) is 94.9 cm³/mol. The van der Waals surface area contributed by atoms with Gasteiger partial charge in [0.15, 0.2) is 5.78 Å². The minimum absolute atomic E-state index is 0.0239. The lowest BCUT2D eigenvalue weighted by molar-refractivity contribution is -0.133. The second-order valence-corrected chi connectivity index (χ2v) is 7.28. The van der Waals surface area contributed by atoms with Gasteiger partial charge in [-0.25, -0.2) is 4.39 Å². The molecule has 2 aliphatic rings. The van der Waals surface area contributed by atoms with E-state index in [2.05, 4.69) is 5.32 Å². The minimum atomic E-state index is -0.338. The number of benzene rings is 1. The normalized spacial score (nSPS) is 22.0. The van der Waals surface area contributed by atoms with Crippen LogP contribution in [0.3, 0.4) is 0 Å². The highest BCUT2D eigenvalue weighted by molar-refractivity contribution is 5.98. The molecule has 0 saturated carbocycles. The molecular weight excluding hydrogens is 319 g/mol. The van der Waals surface area contributed by atoms with Crippen molar-refractivity contribution < 1.29 is 14.0 Å². The van der Waals surface area contributed by atoms with Crippen LogP contribution in [0.2, 0.25) is 0 Å². The summed E-state index contributed by atoms with van der Waals surface area (Å²) in [6.45, 7) is 3.35. The monoisotopic (exact) mass is 346 g/mol. The number of ketones is 1. The quantitative estimate of drug-likeness (QED) is 0.834. The summed E-state index contributed by atoms with van der Waals surface area (Å²) in [6.07, 6.45) is 5.50. The minimum Gasteiger partial charge on any atom is -0.342 e. The summed E-state index contributed by atoms with van der Waals surface area (Å²) in [7, 11) is 0. The second kappa shape index (κ2) is 8.56. The zero-order valence-corrected chi connectivity index (χ0v) is 14.7. The Morgan fingerprint density at radius 3 is 2.56 bits per heavy atom. The summed E-state index contributed by atoms with van der Waals surface area (Å²) < 4.78 is 13.0. The number of nitrogens with zero attached hydrogens (tertiary/aromatic N) is 1. The first-order valence-electron chi connectivity index (χ1n) is 9.42. The van der Waals surface area contributed by atoms with Crippen LogP contribution in [0.25, 0.3) is 0 Å². The smallest absolute Gasteiger partial charge is 0.222 e. The van der Waals surface area contributed by atoms with E-state index in [1.165, 1.54) is 24.3 Å². The molecule has 25 heavy (non-hydrogen) atoms. The number of hydrogen-bond donors (Lipinski definition) is 1. The lowest BCUT2D eigenvalue weighted by Gasteiger charge is -2.32. The lowest BCUT2D eigenvalue weighted by Crippen LogP contribution is -2.42. The molecule has 2 aliphatic heterocycles. The van der Waals surface area contributed by atoms with E-state index in [4.69, 9.17) is 0 Å². The van der Waals surface area contributed by atoms with E-state index in [1.807, 2.05) is 4.90 Å². The Morgan fingerprint density at radius 2 is 1.84 bits per heavy atom. The van der Waals surface area contributed by atoms with Gasteiger partial charge in [-0.3, -0.25) is 9.59 Å². The third kappa shape index (κ3) is 4.88. The van der Waals surface area contributed by atoms with Crippen molar-refractivity contribution in [2.24, 2.45) is 11.8 Å². The van der Waals surface area contributed by atoms with Crippen LogP contribution >= 0.6 is 0 Å². The zero-order chi connectivity index (χ0) is 17.6. The van der Waals surface area contributed by atoms with Crippen molar-refractivity contribution in [2.45, 2.75) is 38.5 Å². The third-order valence-corrected chi connectivity index (χ3v) is 5.50. The number of likely N-dealkylation sites (tertiary alicyclic amines) is 1. The van der Waals surface area contributed by atoms with Gasteiger partial charge in [-0.15, -0.1) is 0 Å². The number of carbonyl (C=O) groups excluding carboxylic acids is 2. The maximum Gasteiger partial charge on any atom is 0.222 e. The fourth-order valence-electron chi connectivity index (χ4n) is 3.92. The predicted octanol–water partition coefficient (Wildman–Crippen LogP) is 3.03. The molecule has 0 aliphatic carbocycles. The summed E-state index contributed by atoms with van der Waals surface area (Å²) in [5.74, 6) is 0.342. The molecule has 0 aromatic heterocycles. The van der Waals surface area contributed by atoms with Gasteiger partial charge in [0.05, 0.1) is 0 Å². The third-order valence-electron chi connectivity index (χ3n) is 5.50. The molecule has 2 fully saturated rings. The highest BCUT2D eigenvalue weighted by Crippen LogP contribution is 2.23. The number of rotatable bonds is 5. The Bertz CT molecular complexity index is 596. The van der Waals surface area contributed by atoms with Crippen molar-refractivity contribution in [1.29, 1.82) is 0 Å². The summed E-state index contributed by atoms with van der Waals surface area (Å²) in [4.78, 5) is 27.0. The molecule has 136 valence electrons. The van der Waals surface area contributed by atoms with Crippen LogP contribution in [0, 0.1) is 17.7 Å². The van der Waals surface area contributed by atoms with Gasteiger partial charge < -0.3 is 10.2 Å². The van der Waals surface area contributed by atoms with Crippen LogP contribution in [0.15, 0.2) is 24.3 Å². The SMILES string of the molecule is O=C(c1ccc(F)cc1)C1CCCN(C(=O)CCC2CCNCC2)C1. The summed E-state index contributed by atoms with van der Waals surface area (Å²) >= 11 is 0. The number of halogens is 1. The van der Waals surface area contributed by atoms with Crippen molar-refractivity contribution in [3.8, 4) is 0 Å². The first-order valence-corrected chi connectivity index (χ1v) is 9.42. The number of hydrogen-bond acceptors (Lipinski definition) is 3. The van der Waals surface area contributed by atoms with Crippen molar-refractivity contribution in [1.82, 2.24) is 10.2 Å². The average molecular weight is 346 g/mol. The first kappa shape index (κ1) is 18.1. The standard InChI is InChI=1S/C20H27FN2O2/c21-18-6-4-16(5-7-18)20(25)17-2-1-13-23(14-17)19(24)8-3-15-9-11-22-12-10-15/h4-7,15,17,22H,1-3,8-14H2. The van der Waals surface area contributed by atoms with Gasteiger partial charge in [0.1, 0.15) is 5.82 Å². The topological polar surface area (TPSA) is 49.4 Å². The molecule has 0 bridgehead atoms. The molecule has 4 nitrogen and oxygen atoms in total. The van der Waals surface area contributed by atoms with Gasteiger partial charge in [-0.1, -0.05) is 0 Å². The maximum absolute atomic E-state index is 13.0. The second-order valence-electron chi connectivity index (χ2n) is 7.28. The van der Waals surface area contributed by atoms with Crippen LogP contribution in [0.4, 0.5) is 4.39 Å². The van der Waals surface area contributed by atoms with Gasteiger partial charge in [0, 0.05) is 31.0 Å². The molecule has 1 amide bonds. The van der Waals surface area contributed by atoms with Crippen LogP contribution in [0.1, 0.15) is 48.9 Å². The highest BCUT2D eigenvalue weighted by Gasteiger charge is 2.29. The lowest BCUT2D eigenvalue weighted by atomic mass is 9.89. The molecule has 1 aromatic rings. The molecule has 1 N–H and O–H groups in total. The highest BCUT2D eigenvalue weighted by atomic mass is 19.1. The molecule has 5 heteroatoms. The van der Waals surface area contributed by atoms with Gasteiger partial charge >= 0.3 is 0 Å². The van der Waals surface area contributed by atoms with E-state index in [0.717, 1.165) is 51.7 Å². The van der Waals surface area contributed by atoms with E-state index < -0.39 is 0 Å². The van der Waals surface area contributed by atoms with Crippen LogP contribution in [0.5, 0.6) is 0 Å². The average Bonchev–Trinajstić information content (AvgIpc) is 2.67. The number of amides is 1. The number of carbonyl (C=O) groups is 2. The number of piperidine rings is 2. The zero-order valence-electron chi connectivity index (χ0n) is 14.7. The molecule has 2 heterocycles. The molecule has 0 spiro atoms. The van der Waals surface area contributed by atoms with E-state index in [0.29, 0.717) is 24.4 Å². The first-order chi connectivity index (χ1) is 12.1. The van der Waals surface area contributed by atoms with Crippen molar-refractivity contribution in [3.05, 3.63) is 35.6 Å². The van der Waals surface area contributed by atoms with E-state index >= 15 is 0 Å². The molecule has 2 saturated heterocycles. The van der Waals surface area contributed by atoms with Crippen molar-refractivity contribution in [3.63, 3.8) is 0 Å². The molecule has 1 atom stereocenters. The Morgan fingerprint density at radius 1 is 1.12 bits per heavy atom. The molecule has 3 rings (SSSR count). The Labute approximate surface area is 148 Å². The van der Waals surface area contributed by atoms with Crippen LogP contribution in [-0.2, 0) is 4.79 Å².